The van der Waals surface area contributed by atoms with E-state index in [2.05, 4.69) is 0 Å². The van der Waals surface area contributed by atoms with Crippen molar-refractivity contribution in [2.45, 2.75) is 13.5 Å². The molecule has 146 valence electrons. The molecule has 0 radical (unpaired) electrons. The molecule has 8 heteroatoms. The molecular formula is C19H23ClN2O4S. The molecule has 2 rings (SSSR count). The van der Waals surface area contributed by atoms with Crippen molar-refractivity contribution >= 4 is 33.2 Å². The van der Waals surface area contributed by atoms with Crippen LogP contribution in [0.5, 0.6) is 5.75 Å². The molecule has 0 aliphatic heterocycles. The van der Waals surface area contributed by atoms with Crippen LogP contribution < -0.4 is 9.04 Å². The van der Waals surface area contributed by atoms with Crippen molar-refractivity contribution in [2.24, 2.45) is 0 Å². The summed E-state index contributed by atoms with van der Waals surface area (Å²) >= 11 is 5.87. The fraction of sp³-hybridized carbons (Fsp3) is 0.316. The minimum Gasteiger partial charge on any atom is -0.495 e. The number of carbonyl (C=O) groups excluding carboxylic acids is 1. The zero-order chi connectivity index (χ0) is 20.2. The van der Waals surface area contributed by atoms with Gasteiger partial charge in [-0.3, -0.25) is 9.10 Å². The molecule has 0 saturated heterocycles. The third kappa shape index (κ3) is 5.61. The first-order valence-corrected chi connectivity index (χ1v) is 10.4. The smallest absolute Gasteiger partial charge is 0.243 e. The molecule has 0 aromatic heterocycles. The van der Waals surface area contributed by atoms with E-state index in [9.17, 15) is 13.2 Å². The summed E-state index contributed by atoms with van der Waals surface area (Å²) < 4.78 is 31.1. The number of ether oxygens (including phenoxy) is 1. The van der Waals surface area contributed by atoms with Crippen molar-refractivity contribution in [2.75, 3.05) is 31.3 Å². The van der Waals surface area contributed by atoms with Gasteiger partial charge in [-0.2, -0.15) is 0 Å². The van der Waals surface area contributed by atoms with Gasteiger partial charge in [0.1, 0.15) is 12.3 Å². The first-order chi connectivity index (χ1) is 12.6. The Morgan fingerprint density at radius 3 is 2.33 bits per heavy atom. The number of anilines is 1. The molecule has 0 atom stereocenters. The molecule has 0 aliphatic carbocycles. The zero-order valence-corrected chi connectivity index (χ0v) is 17.3. The van der Waals surface area contributed by atoms with Crippen LogP contribution >= 0.6 is 11.6 Å². The van der Waals surface area contributed by atoms with Crippen LogP contribution in [-0.4, -0.2) is 46.2 Å². The maximum atomic E-state index is 12.7. The lowest BCUT2D eigenvalue weighted by molar-refractivity contribution is -0.128. The number of benzene rings is 2. The highest BCUT2D eigenvalue weighted by atomic mass is 35.5. The van der Waals surface area contributed by atoms with E-state index >= 15 is 0 Å². The van der Waals surface area contributed by atoms with Crippen LogP contribution in [0.15, 0.2) is 42.5 Å². The maximum Gasteiger partial charge on any atom is 0.243 e. The average molecular weight is 411 g/mol. The van der Waals surface area contributed by atoms with E-state index in [1.165, 1.54) is 12.0 Å². The van der Waals surface area contributed by atoms with Crippen LogP contribution in [0.1, 0.15) is 11.1 Å². The van der Waals surface area contributed by atoms with Crippen molar-refractivity contribution in [3.63, 3.8) is 0 Å². The second kappa shape index (κ2) is 8.63. The normalized spacial score (nSPS) is 11.1. The summed E-state index contributed by atoms with van der Waals surface area (Å²) in [7, 11) is -0.595. The van der Waals surface area contributed by atoms with Gasteiger partial charge in [-0.15, -0.1) is 0 Å². The quantitative estimate of drug-likeness (QED) is 0.703. The Balaban J connectivity index is 2.25. The van der Waals surface area contributed by atoms with E-state index in [4.69, 9.17) is 16.3 Å². The summed E-state index contributed by atoms with van der Waals surface area (Å²) in [6.45, 7) is 1.87. The van der Waals surface area contributed by atoms with Crippen molar-refractivity contribution in [3.8, 4) is 5.75 Å². The number of methoxy groups -OCH3 is 1. The van der Waals surface area contributed by atoms with E-state index in [1.807, 2.05) is 25.1 Å². The number of likely N-dealkylation sites (N-methyl/N-ethyl adjacent to an activating group) is 1. The van der Waals surface area contributed by atoms with Gasteiger partial charge in [-0.05, 0) is 42.3 Å². The van der Waals surface area contributed by atoms with Crippen LogP contribution in [0.25, 0.3) is 0 Å². The summed E-state index contributed by atoms with van der Waals surface area (Å²) in [5.41, 5.74) is 2.10. The predicted octanol–water partition coefficient (Wildman–Crippen LogP) is 3.08. The number of hydrogen-bond acceptors (Lipinski definition) is 4. The third-order valence-electron chi connectivity index (χ3n) is 4.04. The van der Waals surface area contributed by atoms with Crippen LogP contribution in [0.2, 0.25) is 5.02 Å². The SMILES string of the molecule is COc1ccc(C)cc1N(CC(=O)N(C)Cc1ccc(Cl)cc1)S(C)(=O)=O. The minimum atomic E-state index is -3.69. The van der Waals surface area contributed by atoms with Gasteiger partial charge < -0.3 is 9.64 Å². The molecular weight excluding hydrogens is 388 g/mol. The second-order valence-corrected chi connectivity index (χ2v) is 8.66. The van der Waals surface area contributed by atoms with E-state index in [-0.39, 0.29) is 12.5 Å². The summed E-state index contributed by atoms with van der Waals surface area (Å²) in [6.07, 6.45) is 1.07. The monoisotopic (exact) mass is 410 g/mol. The number of amides is 1. The Kier molecular flexibility index (Phi) is 6.73. The minimum absolute atomic E-state index is 0.317. The number of rotatable bonds is 7. The summed E-state index contributed by atoms with van der Waals surface area (Å²) in [6, 6.07) is 12.3. The van der Waals surface area contributed by atoms with Crippen LogP contribution in [0, 0.1) is 6.92 Å². The number of halogens is 1. The first-order valence-electron chi connectivity index (χ1n) is 8.22. The van der Waals surface area contributed by atoms with Crippen molar-refractivity contribution in [3.05, 3.63) is 58.6 Å². The molecule has 0 aliphatic rings. The Morgan fingerprint density at radius 2 is 1.78 bits per heavy atom. The first kappa shape index (κ1) is 21.1. The van der Waals surface area contributed by atoms with E-state index in [0.717, 1.165) is 21.7 Å². The summed E-state index contributed by atoms with van der Waals surface area (Å²) in [4.78, 5) is 14.2. The number of nitrogens with zero attached hydrogens (tertiary/aromatic N) is 2. The van der Waals surface area contributed by atoms with Gasteiger partial charge in [0.15, 0.2) is 0 Å². The van der Waals surface area contributed by atoms with Crippen molar-refractivity contribution in [1.82, 2.24) is 4.90 Å². The zero-order valence-electron chi connectivity index (χ0n) is 15.8. The van der Waals surface area contributed by atoms with Gasteiger partial charge >= 0.3 is 0 Å². The molecule has 0 heterocycles. The van der Waals surface area contributed by atoms with Gasteiger partial charge in [-0.1, -0.05) is 29.8 Å². The van der Waals surface area contributed by atoms with Gasteiger partial charge in [0.2, 0.25) is 15.9 Å². The summed E-state index contributed by atoms with van der Waals surface area (Å²) in [5, 5.41) is 0.613. The number of sulfonamides is 1. The lowest BCUT2D eigenvalue weighted by Crippen LogP contribution is -2.41. The van der Waals surface area contributed by atoms with Gasteiger partial charge in [-0.25, -0.2) is 8.42 Å². The number of aryl methyl sites for hydroxylation is 1. The van der Waals surface area contributed by atoms with Gasteiger partial charge in [0.25, 0.3) is 0 Å². The second-order valence-electron chi connectivity index (χ2n) is 6.32. The molecule has 0 N–H and O–H groups in total. The fourth-order valence-electron chi connectivity index (χ4n) is 2.57. The molecule has 6 nitrogen and oxygen atoms in total. The van der Waals surface area contributed by atoms with Gasteiger partial charge in [0.05, 0.1) is 19.1 Å². The van der Waals surface area contributed by atoms with Crippen LogP contribution in [-0.2, 0) is 21.4 Å². The molecule has 0 unspecified atom stereocenters. The van der Waals surface area contributed by atoms with E-state index in [0.29, 0.717) is 23.0 Å². The lowest BCUT2D eigenvalue weighted by atomic mass is 10.2. The maximum absolute atomic E-state index is 12.7. The number of hydrogen-bond donors (Lipinski definition) is 0. The summed E-state index contributed by atoms with van der Waals surface area (Å²) in [5.74, 6) is 0.0538. The fourth-order valence-corrected chi connectivity index (χ4v) is 3.54. The third-order valence-corrected chi connectivity index (χ3v) is 5.42. The standard InChI is InChI=1S/C19H23ClN2O4S/c1-14-5-10-18(26-3)17(11-14)22(27(4,24)25)13-19(23)21(2)12-15-6-8-16(20)9-7-15/h5-11H,12-13H2,1-4H3. The van der Waals surface area contributed by atoms with E-state index in [1.54, 1.807) is 31.3 Å². The molecule has 1 amide bonds. The molecule has 0 spiro atoms. The molecule has 2 aromatic rings. The molecule has 27 heavy (non-hydrogen) atoms. The van der Waals surface area contributed by atoms with Crippen LogP contribution in [0.3, 0.4) is 0 Å². The largest absolute Gasteiger partial charge is 0.495 e. The average Bonchev–Trinajstić information content (AvgIpc) is 2.60. The Hall–Kier alpha value is -2.25. The topological polar surface area (TPSA) is 66.9 Å². The predicted molar refractivity (Wildman–Crippen MR) is 108 cm³/mol. The highest BCUT2D eigenvalue weighted by Gasteiger charge is 2.25. The Bertz CT molecular complexity index is 914. The highest BCUT2D eigenvalue weighted by Crippen LogP contribution is 2.31. The van der Waals surface area contributed by atoms with Gasteiger partial charge in [0, 0.05) is 18.6 Å². The van der Waals surface area contributed by atoms with E-state index < -0.39 is 10.0 Å². The molecule has 0 bridgehead atoms. The lowest BCUT2D eigenvalue weighted by Gasteiger charge is -2.26. The van der Waals surface area contributed by atoms with Crippen molar-refractivity contribution < 1.29 is 17.9 Å². The number of carbonyl (C=O) groups is 1. The highest BCUT2D eigenvalue weighted by molar-refractivity contribution is 7.92. The Morgan fingerprint density at radius 1 is 1.15 bits per heavy atom. The molecule has 2 aromatic carbocycles. The Labute approximate surface area is 165 Å². The molecule has 0 saturated carbocycles. The molecule has 0 fully saturated rings. The van der Waals surface area contributed by atoms with Crippen molar-refractivity contribution in [1.29, 1.82) is 0 Å². The van der Waals surface area contributed by atoms with Crippen LogP contribution in [0.4, 0.5) is 5.69 Å².